The summed E-state index contributed by atoms with van der Waals surface area (Å²) >= 11 is 0. The Morgan fingerprint density at radius 3 is 2.33 bits per heavy atom. The molecule has 2 aliphatic rings. The highest BCUT2D eigenvalue weighted by Gasteiger charge is 2.39. The summed E-state index contributed by atoms with van der Waals surface area (Å²) in [5.74, 6) is 0.237. The van der Waals surface area contributed by atoms with E-state index in [-0.39, 0.29) is 5.92 Å². The molecule has 114 valence electrons. The summed E-state index contributed by atoms with van der Waals surface area (Å²) in [6.45, 7) is 3.80. The van der Waals surface area contributed by atoms with Gasteiger partial charge in [0.2, 0.25) is 0 Å². The summed E-state index contributed by atoms with van der Waals surface area (Å²) in [6.07, 6.45) is 5.05. The molecule has 0 amide bonds. The number of aliphatic carboxylic acids is 1. The van der Waals surface area contributed by atoms with E-state index in [1.165, 1.54) is 31.2 Å². The van der Waals surface area contributed by atoms with Crippen LogP contribution in [-0.4, -0.2) is 35.1 Å². The standard InChI is InChI=1S/C18H25NO2/c1-13(18(20)21)16-11-19(12-16)17-9-7-15(8-10-17)14-5-3-2-4-6-14/h2-6,13,15-17H,7-12H2,1H3,(H,20,21). The quantitative estimate of drug-likeness (QED) is 0.923. The topological polar surface area (TPSA) is 40.5 Å². The smallest absolute Gasteiger partial charge is 0.306 e. The molecular weight excluding hydrogens is 262 g/mol. The number of carboxylic acid groups (broad SMARTS) is 1. The summed E-state index contributed by atoms with van der Waals surface area (Å²) in [5, 5.41) is 9.06. The Morgan fingerprint density at radius 2 is 1.76 bits per heavy atom. The third-order valence-corrected chi connectivity index (χ3v) is 5.52. The maximum atomic E-state index is 11.0. The molecule has 0 spiro atoms. The van der Waals surface area contributed by atoms with Gasteiger partial charge in [0.05, 0.1) is 5.92 Å². The first-order valence-electron chi connectivity index (χ1n) is 8.17. The number of rotatable bonds is 4. The van der Waals surface area contributed by atoms with Crippen molar-refractivity contribution in [1.29, 1.82) is 0 Å². The third kappa shape index (κ3) is 3.13. The number of carbonyl (C=O) groups is 1. The van der Waals surface area contributed by atoms with Gasteiger partial charge in [0.15, 0.2) is 0 Å². The van der Waals surface area contributed by atoms with Crippen LogP contribution in [0.25, 0.3) is 0 Å². The van der Waals surface area contributed by atoms with E-state index in [1.807, 2.05) is 6.92 Å². The molecule has 3 nitrogen and oxygen atoms in total. The monoisotopic (exact) mass is 287 g/mol. The van der Waals surface area contributed by atoms with E-state index in [4.69, 9.17) is 5.11 Å². The fourth-order valence-corrected chi connectivity index (χ4v) is 3.86. The summed E-state index contributed by atoms with van der Waals surface area (Å²) in [6, 6.07) is 11.5. The van der Waals surface area contributed by atoms with Crippen LogP contribution in [-0.2, 0) is 4.79 Å². The molecule has 1 aromatic carbocycles. The predicted molar refractivity (Wildman–Crippen MR) is 83.3 cm³/mol. The van der Waals surface area contributed by atoms with Crippen molar-refractivity contribution in [1.82, 2.24) is 4.90 Å². The van der Waals surface area contributed by atoms with Crippen LogP contribution >= 0.6 is 0 Å². The van der Waals surface area contributed by atoms with Crippen molar-refractivity contribution >= 4 is 5.97 Å². The average molecular weight is 287 g/mol. The number of nitrogens with zero attached hydrogens (tertiary/aromatic N) is 1. The van der Waals surface area contributed by atoms with Crippen molar-refractivity contribution in [2.75, 3.05) is 13.1 Å². The predicted octanol–water partition coefficient (Wildman–Crippen LogP) is 3.37. The van der Waals surface area contributed by atoms with E-state index in [0.29, 0.717) is 12.0 Å². The lowest BCUT2D eigenvalue weighted by Crippen LogP contribution is -2.55. The molecule has 1 unspecified atom stereocenters. The first-order valence-corrected chi connectivity index (χ1v) is 8.17. The summed E-state index contributed by atoms with van der Waals surface area (Å²) in [7, 11) is 0. The van der Waals surface area contributed by atoms with Crippen LogP contribution in [0.15, 0.2) is 30.3 Å². The lowest BCUT2D eigenvalue weighted by Gasteiger charge is -2.48. The Kier molecular flexibility index (Phi) is 4.29. The van der Waals surface area contributed by atoms with Crippen molar-refractivity contribution in [3.05, 3.63) is 35.9 Å². The van der Waals surface area contributed by atoms with Gasteiger partial charge in [-0.2, -0.15) is 0 Å². The van der Waals surface area contributed by atoms with Crippen LogP contribution in [0.5, 0.6) is 0 Å². The highest BCUT2D eigenvalue weighted by Crippen LogP contribution is 2.37. The van der Waals surface area contributed by atoms with Gasteiger partial charge in [-0.1, -0.05) is 37.3 Å². The Morgan fingerprint density at radius 1 is 1.14 bits per heavy atom. The van der Waals surface area contributed by atoms with Gasteiger partial charge in [-0.05, 0) is 43.1 Å². The first-order chi connectivity index (χ1) is 10.1. The molecule has 3 heteroatoms. The molecule has 1 saturated carbocycles. The Balaban J connectivity index is 1.46. The average Bonchev–Trinajstić information content (AvgIpc) is 2.47. The van der Waals surface area contributed by atoms with Crippen molar-refractivity contribution in [2.45, 2.75) is 44.6 Å². The van der Waals surface area contributed by atoms with E-state index in [1.54, 1.807) is 0 Å². The van der Waals surface area contributed by atoms with Gasteiger partial charge in [0, 0.05) is 19.1 Å². The minimum Gasteiger partial charge on any atom is -0.481 e. The zero-order valence-corrected chi connectivity index (χ0v) is 12.7. The molecule has 1 aliphatic carbocycles. The van der Waals surface area contributed by atoms with Crippen LogP contribution < -0.4 is 0 Å². The Hall–Kier alpha value is -1.35. The Bertz CT molecular complexity index is 473. The van der Waals surface area contributed by atoms with Gasteiger partial charge in [0.25, 0.3) is 0 Å². The van der Waals surface area contributed by atoms with Crippen LogP contribution in [0.2, 0.25) is 0 Å². The SMILES string of the molecule is CC(C(=O)O)C1CN(C2CCC(c3ccccc3)CC2)C1. The molecule has 0 bridgehead atoms. The van der Waals surface area contributed by atoms with Crippen LogP contribution in [0.3, 0.4) is 0 Å². The largest absolute Gasteiger partial charge is 0.481 e. The van der Waals surface area contributed by atoms with Gasteiger partial charge in [0.1, 0.15) is 0 Å². The van der Waals surface area contributed by atoms with E-state index in [2.05, 4.69) is 35.2 Å². The second kappa shape index (κ2) is 6.18. The van der Waals surface area contributed by atoms with E-state index < -0.39 is 5.97 Å². The lowest BCUT2D eigenvalue weighted by molar-refractivity contribution is -0.146. The zero-order valence-electron chi connectivity index (χ0n) is 12.7. The minimum absolute atomic E-state index is 0.193. The first kappa shape index (κ1) is 14.6. The highest BCUT2D eigenvalue weighted by molar-refractivity contribution is 5.70. The number of benzene rings is 1. The molecule has 1 heterocycles. The van der Waals surface area contributed by atoms with Crippen molar-refractivity contribution in [3.63, 3.8) is 0 Å². The van der Waals surface area contributed by atoms with Gasteiger partial charge >= 0.3 is 5.97 Å². The summed E-state index contributed by atoms with van der Waals surface area (Å²) in [4.78, 5) is 13.5. The van der Waals surface area contributed by atoms with Gasteiger partial charge in [-0.25, -0.2) is 0 Å². The van der Waals surface area contributed by atoms with Crippen LogP contribution in [0, 0.1) is 11.8 Å². The highest BCUT2D eigenvalue weighted by atomic mass is 16.4. The third-order valence-electron chi connectivity index (χ3n) is 5.52. The number of carboxylic acids is 1. The molecule has 0 radical (unpaired) electrons. The Labute approximate surface area is 127 Å². The maximum absolute atomic E-state index is 11.0. The number of hydrogen-bond donors (Lipinski definition) is 1. The van der Waals surface area contributed by atoms with Crippen LogP contribution in [0.4, 0.5) is 0 Å². The van der Waals surface area contributed by atoms with E-state index >= 15 is 0 Å². The van der Waals surface area contributed by atoms with Crippen LogP contribution in [0.1, 0.15) is 44.1 Å². The molecular formula is C18H25NO2. The second-order valence-electron chi connectivity index (χ2n) is 6.76. The molecule has 3 rings (SSSR count). The lowest BCUT2D eigenvalue weighted by atomic mass is 9.78. The molecule has 21 heavy (non-hydrogen) atoms. The minimum atomic E-state index is -0.646. The second-order valence-corrected chi connectivity index (χ2v) is 6.76. The molecule has 2 fully saturated rings. The van der Waals surface area contributed by atoms with Crippen molar-refractivity contribution in [2.24, 2.45) is 11.8 Å². The summed E-state index contributed by atoms with van der Waals surface area (Å²) in [5.41, 5.74) is 1.48. The molecule has 1 aromatic rings. The summed E-state index contributed by atoms with van der Waals surface area (Å²) < 4.78 is 0. The zero-order chi connectivity index (χ0) is 14.8. The molecule has 1 saturated heterocycles. The number of hydrogen-bond acceptors (Lipinski definition) is 2. The van der Waals surface area contributed by atoms with E-state index in [0.717, 1.165) is 19.0 Å². The van der Waals surface area contributed by atoms with Gasteiger partial charge in [-0.15, -0.1) is 0 Å². The molecule has 1 atom stereocenters. The normalized spacial score (nSPS) is 28.8. The van der Waals surface area contributed by atoms with Crippen molar-refractivity contribution < 1.29 is 9.90 Å². The number of likely N-dealkylation sites (tertiary alicyclic amines) is 1. The molecule has 1 aliphatic heterocycles. The molecule has 0 aromatic heterocycles. The fraction of sp³-hybridized carbons (Fsp3) is 0.611. The fourth-order valence-electron chi connectivity index (χ4n) is 3.86. The van der Waals surface area contributed by atoms with E-state index in [9.17, 15) is 4.79 Å². The van der Waals surface area contributed by atoms with Gasteiger partial charge in [-0.3, -0.25) is 9.69 Å². The maximum Gasteiger partial charge on any atom is 0.306 e. The van der Waals surface area contributed by atoms with Gasteiger partial charge < -0.3 is 5.11 Å². The van der Waals surface area contributed by atoms with Crippen molar-refractivity contribution in [3.8, 4) is 0 Å². The molecule has 1 N–H and O–H groups in total.